The molecule has 1 unspecified atom stereocenters. The Bertz CT molecular complexity index is 1120. The van der Waals surface area contributed by atoms with E-state index < -0.39 is 35.1 Å². The molecular formula is C24H19F5O3. The Balaban J connectivity index is 1.60. The van der Waals surface area contributed by atoms with Gasteiger partial charge in [0.1, 0.15) is 22.9 Å². The van der Waals surface area contributed by atoms with Crippen LogP contribution in [0.25, 0.3) is 11.1 Å². The molecule has 0 bridgehead atoms. The van der Waals surface area contributed by atoms with Crippen LogP contribution in [0.4, 0.5) is 22.0 Å². The summed E-state index contributed by atoms with van der Waals surface area (Å²) in [6, 6.07) is 9.38. The summed E-state index contributed by atoms with van der Waals surface area (Å²) in [7, 11) is 0. The molecule has 8 heteroatoms. The Morgan fingerprint density at radius 2 is 1.50 bits per heavy atom. The molecule has 1 heterocycles. The van der Waals surface area contributed by atoms with Gasteiger partial charge in [-0.2, -0.15) is 13.2 Å². The monoisotopic (exact) mass is 450 g/mol. The Morgan fingerprint density at radius 1 is 0.875 bits per heavy atom. The molecule has 4 rings (SSSR count). The summed E-state index contributed by atoms with van der Waals surface area (Å²) in [6.45, 7) is 3.02. The Hall–Kier alpha value is -3.29. The largest absolute Gasteiger partial charge is 0.432 e. The zero-order valence-electron chi connectivity index (χ0n) is 17.2. The van der Waals surface area contributed by atoms with Crippen LogP contribution in [0.1, 0.15) is 31.4 Å². The lowest BCUT2D eigenvalue weighted by Gasteiger charge is -2.20. The van der Waals surface area contributed by atoms with Crippen molar-refractivity contribution in [3.05, 3.63) is 77.4 Å². The summed E-state index contributed by atoms with van der Waals surface area (Å²) in [4.78, 5) is 0. The highest BCUT2D eigenvalue weighted by atomic mass is 19.3. The summed E-state index contributed by atoms with van der Waals surface area (Å²) in [5.74, 6) is -3.59. The van der Waals surface area contributed by atoms with E-state index in [0.717, 1.165) is 55.7 Å². The van der Waals surface area contributed by atoms with Gasteiger partial charge < -0.3 is 14.2 Å². The molecule has 1 aliphatic heterocycles. The minimum atomic E-state index is -4.34. The Kier molecular flexibility index (Phi) is 5.48. The van der Waals surface area contributed by atoms with Crippen LogP contribution in [-0.4, -0.2) is 6.04 Å². The zero-order chi connectivity index (χ0) is 23.1. The van der Waals surface area contributed by atoms with Crippen LogP contribution in [0.3, 0.4) is 0 Å². The highest BCUT2D eigenvalue weighted by Crippen LogP contribution is 2.44. The lowest BCUT2D eigenvalue weighted by Crippen LogP contribution is -2.27. The molecule has 0 amide bonds. The van der Waals surface area contributed by atoms with Gasteiger partial charge in [-0.25, -0.2) is 8.78 Å². The molecule has 0 radical (unpaired) electrons. The van der Waals surface area contributed by atoms with Crippen molar-refractivity contribution >= 4 is 0 Å². The number of aryl methyl sites for hydroxylation is 1. The molecule has 32 heavy (non-hydrogen) atoms. The second-order valence-corrected chi connectivity index (χ2v) is 7.53. The van der Waals surface area contributed by atoms with Gasteiger partial charge in [0.25, 0.3) is 0 Å². The van der Waals surface area contributed by atoms with Crippen LogP contribution in [-0.2, 0) is 12.5 Å². The zero-order valence-corrected chi connectivity index (χ0v) is 17.2. The fraction of sp³-hybridized carbons (Fsp3) is 0.250. The van der Waals surface area contributed by atoms with E-state index in [1.165, 1.54) is 0 Å². The number of fused-ring (bicyclic) bond motifs is 1. The number of rotatable bonds is 6. The maximum absolute atomic E-state index is 14.7. The molecule has 168 valence electrons. The van der Waals surface area contributed by atoms with Gasteiger partial charge in [0.15, 0.2) is 11.5 Å². The lowest BCUT2D eigenvalue weighted by molar-refractivity contribution is -0.189. The predicted molar refractivity (Wildman–Crippen MR) is 108 cm³/mol. The van der Waals surface area contributed by atoms with E-state index in [9.17, 15) is 22.0 Å². The third-order valence-corrected chi connectivity index (χ3v) is 4.90. The van der Waals surface area contributed by atoms with Crippen LogP contribution in [0.15, 0.2) is 54.6 Å². The first-order chi connectivity index (χ1) is 15.1. The summed E-state index contributed by atoms with van der Waals surface area (Å²) >= 11 is 0. The van der Waals surface area contributed by atoms with E-state index in [1.54, 1.807) is 12.1 Å². The van der Waals surface area contributed by atoms with E-state index in [4.69, 9.17) is 9.47 Å². The Morgan fingerprint density at radius 3 is 2.12 bits per heavy atom. The number of hydrogen-bond donors (Lipinski definition) is 0. The number of hydrogen-bond acceptors (Lipinski definition) is 3. The number of ether oxygens (including phenoxy) is 3. The van der Waals surface area contributed by atoms with Gasteiger partial charge in [-0.05, 0) is 47.4 Å². The number of benzene rings is 3. The SMILES string of the molecule is CCCc1ccc(-c2cc(F)c(C(F)(F)Oc3ccc4c(c3)OC(C)(F)O4)c(F)c2)cc1. The summed E-state index contributed by atoms with van der Waals surface area (Å²) in [5, 5.41) is 0. The molecule has 1 aliphatic rings. The summed E-state index contributed by atoms with van der Waals surface area (Å²) in [6.07, 6.45) is -2.54. The predicted octanol–water partition coefficient (Wildman–Crippen LogP) is 7.13. The summed E-state index contributed by atoms with van der Waals surface area (Å²) < 4.78 is 86.6. The Labute approximate surface area is 181 Å². The molecule has 0 N–H and O–H groups in total. The van der Waals surface area contributed by atoms with E-state index in [-0.39, 0.29) is 17.1 Å². The molecule has 3 aromatic rings. The minimum absolute atomic E-state index is 0.0164. The van der Waals surface area contributed by atoms with Crippen molar-refractivity contribution in [2.45, 2.75) is 38.8 Å². The number of alkyl halides is 3. The second kappa shape index (κ2) is 8.00. The first-order valence-electron chi connectivity index (χ1n) is 9.94. The number of halogens is 5. The van der Waals surface area contributed by atoms with Crippen LogP contribution >= 0.6 is 0 Å². The average Bonchev–Trinajstić information content (AvgIpc) is 3.00. The van der Waals surface area contributed by atoms with Crippen molar-refractivity contribution < 1.29 is 36.2 Å². The van der Waals surface area contributed by atoms with Crippen molar-refractivity contribution in [3.63, 3.8) is 0 Å². The van der Waals surface area contributed by atoms with Gasteiger partial charge in [0.05, 0.1) is 0 Å². The van der Waals surface area contributed by atoms with Crippen LogP contribution in [0.2, 0.25) is 0 Å². The van der Waals surface area contributed by atoms with E-state index >= 15 is 0 Å². The molecule has 3 aromatic carbocycles. The van der Waals surface area contributed by atoms with Gasteiger partial charge >= 0.3 is 12.1 Å². The molecule has 0 spiro atoms. The lowest BCUT2D eigenvalue weighted by atomic mass is 10.00. The highest BCUT2D eigenvalue weighted by molar-refractivity contribution is 5.64. The fourth-order valence-corrected chi connectivity index (χ4v) is 3.50. The molecule has 1 atom stereocenters. The van der Waals surface area contributed by atoms with Crippen molar-refractivity contribution in [2.75, 3.05) is 0 Å². The standard InChI is InChI=1S/C24H19F5O3/c1-3-4-14-5-7-15(8-6-14)16-11-18(25)22(19(26)12-16)24(28,29)30-17-9-10-20-21(13-17)32-23(2,27)31-20/h5-13H,3-4H2,1-2H3. The van der Waals surface area contributed by atoms with Crippen molar-refractivity contribution in [1.29, 1.82) is 0 Å². The van der Waals surface area contributed by atoms with Crippen LogP contribution in [0.5, 0.6) is 17.2 Å². The third-order valence-electron chi connectivity index (χ3n) is 4.90. The normalized spacial score (nSPS) is 17.5. The van der Waals surface area contributed by atoms with E-state index in [2.05, 4.69) is 4.74 Å². The molecule has 0 saturated heterocycles. The van der Waals surface area contributed by atoms with E-state index in [1.807, 2.05) is 19.1 Å². The van der Waals surface area contributed by atoms with Crippen molar-refractivity contribution in [1.82, 2.24) is 0 Å². The molecule has 3 nitrogen and oxygen atoms in total. The van der Waals surface area contributed by atoms with Gasteiger partial charge in [-0.3, -0.25) is 0 Å². The van der Waals surface area contributed by atoms with Gasteiger partial charge in [-0.15, -0.1) is 0 Å². The van der Waals surface area contributed by atoms with Crippen LogP contribution in [0, 0.1) is 11.6 Å². The molecule has 0 aliphatic carbocycles. The first-order valence-corrected chi connectivity index (χ1v) is 9.94. The first kappa shape index (κ1) is 21.9. The van der Waals surface area contributed by atoms with Crippen molar-refractivity contribution in [3.8, 4) is 28.4 Å². The van der Waals surface area contributed by atoms with Crippen molar-refractivity contribution in [2.24, 2.45) is 0 Å². The molecular weight excluding hydrogens is 431 g/mol. The van der Waals surface area contributed by atoms with Gasteiger partial charge in [0, 0.05) is 13.0 Å². The summed E-state index contributed by atoms with van der Waals surface area (Å²) in [5.41, 5.74) is 0.138. The quantitative estimate of drug-likeness (QED) is 0.374. The maximum atomic E-state index is 14.7. The molecule has 0 saturated carbocycles. The van der Waals surface area contributed by atoms with Gasteiger partial charge in [0.2, 0.25) is 0 Å². The fourth-order valence-electron chi connectivity index (χ4n) is 3.50. The molecule has 0 aromatic heterocycles. The smallest absolute Gasteiger partial charge is 0.429 e. The van der Waals surface area contributed by atoms with E-state index in [0.29, 0.717) is 5.56 Å². The average molecular weight is 450 g/mol. The van der Waals surface area contributed by atoms with Gasteiger partial charge in [-0.1, -0.05) is 37.6 Å². The minimum Gasteiger partial charge on any atom is -0.429 e. The third kappa shape index (κ3) is 4.35. The molecule has 0 fully saturated rings. The topological polar surface area (TPSA) is 27.7 Å². The maximum Gasteiger partial charge on any atom is 0.432 e. The second-order valence-electron chi connectivity index (χ2n) is 7.53. The van der Waals surface area contributed by atoms with Crippen LogP contribution < -0.4 is 14.2 Å². The highest BCUT2D eigenvalue weighted by Gasteiger charge is 2.42.